The monoisotopic (exact) mass is 691 g/mol. The molecule has 9 nitrogen and oxygen atoms in total. The van der Waals surface area contributed by atoms with Gasteiger partial charge in [-0.25, -0.2) is 12.8 Å². The summed E-state index contributed by atoms with van der Waals surface area (Å²) < 4.78 is 85.9. The summed E-state index contributed by atoms with van der Waals surface area (Å²) in [6.45, 7) is 3.59. The lowest BCUT2D eigenvalue weighted by molar-refractivity contribution is -0.274. The summed E-state index contributed by atoms with van der Waals surface area (Å²) >= 11 is 0. The maximum atomic E-state index is 15.1. The Morgan fingerprint density at radius 1 is 0.958 bits per heavy atom. The van der Waals surface area contributed by atoms with Crippen LogP contribution in [0.4, 0.5) is 17.6 Å². The Morgan fingerprint density at radius 3 is 2.23 bits per heavy atom. The molecule has 3 aromatic rings. The molecular weight excluding hydrogens is 654 g/mol. The van der Waals surface area contributed by atoms with Crippen molar-refractivity contribution in [2.75, 3.05) is 32.4 Å². The molecule has 258 valence electrons. The molecule has 2 fully saturated rings. The number of ether oxygens (including phenoxy) is 2. The van der Waals surface area contributed by atoms with Crippen LogP contribution in [0.1, 0.15) is 57.7 Å². The number of piperidine rings is 2. The molecule has 5 rings (SSSR count). The molecule has 1 aromatic heterocycles. The minimum atomic E-state index is -4.77. The number of amides is 1. The zero-order valence-corrected chi connectivity index (χ0v) is 27.4. The van der Waals surface area contributed by atoms with Gasteiger partial charge in [-0.15, -0.1) is 13.2 Å². The fraction of sp³-hybridized carbons (Fsp3) is 0.441. The van der Waals surface area contributed by atoms with E-state index < -0.39 is 28.3 Å². The number of sulfone groups is 1. The van der Waals surface area contributed by atoms with E-state index in [1.54, 1.807) is 24.0 Å². The van der Waals surface area contributed by atoms with E-state index in [0.29, 0.717) is 62.3 Å². The normalized spacial score (nSPS) is 19.6. The number of hydrogen-bond acceptors (Lipinski definition) is 8. The largest absolute Gasteiger partial charge is 0.573 e. The van der Waals surface area contributed by atoms with Crippen LogP contribution in [0, 0.1) is 12.8 Å². The second-order valence-corrected chi connectivity index (χ2v) is 14.3. The number of carbonyl (C=O) groups excluding carboxylic acids is 2. The van der Waals surface area contributed by atoms with Crippen LogP contribution in [0.15, 0.2) is 65.7 Å². The first kappa shape index (κ1) is 35.3. The molecule has 2 aliphatic rings. The van der Waals surface area contributed by atoms with Gasteiger partial charge in [0.1, 0.15) is 29.5 Å². The highest BCUT2D eigenvalue weighted by atomic mass is 32.2. The Bertz CT molecular complexity index is 1710. The number of benzene rings is 2. The highest BCUT2D eigenvalue weighted by Crippen LogP contribution is 2.28. The van der Waals surface area contributed by atoms with Crippen LogP contribution in [0.25, 0.3) is 0 Å². The molecule has 48 heavy (non-hydrogen) atoms. The molecular formula is C34H37F4N3O6S. The van der Waals surface area contributed by atoms with Crippen molar-refractivity contribution in [2.24, 2.45) is 5.92 Å². The molecule has 1 amide bonds. The molecule has 0 saturated carbocycles. The van der Waals surface area contributed by atoms with Crippen molar-refractivity contribution in [3.63, 3.8) is 0 Å². The molecule has 0 bridgehead atoms. The lowest BCUT2D eigenvalue weighted by Gasteiger charge is -2.34. The lowest BCUT2D eigenvalue weighted by atomic mass is 9.88. The molecule has 14 heteroatoms. The molecule has 3 heterocycles. The van der Waals surface area contributed by atoms with Crippen LogP contribution in [-0.2, 0) is 16.4 Å². The number of nitrogens with zero attached hydrogens (tertiary/aromatic N) is 3. The number of aromatic nitrogens is 1. The topological polar surface area (TPSA) is 106 Å². The summed E-state index contributed by atoms with van der Waals surface area (Å²) in [5, 5.41) is 0. The first-order valence-corrected chi connectivity index (χ1v) is 17.5. The van der Waals surface area contributed by atoms with Crippen molar-refractivity contribution in [3.05, 3.63) is 83.2 Å². The van der Waals surface area contributed by atoms with Gasteiger partial charge < -0.3 is 14.4 Å². The Morgan fingerprint density at radius 2 is 1.65 bits per heavy atom. The van der Waals surface area contributed by atoms with Crippen LogP contribution in [-0.4, -0.2) is 86.0 Å². The fourth-order valence-electron chi connectivity index (χ4n) is 6.13. The van der Waals surface area contributed by atoms with Gasteiger partial charge in [0.05, 0.1) is 4.90 Å². The summed E-state index contributed by atoms with van der Waals surface area (Å²) in [5.74, 6) is -0.760. The van der Waals surface area contributed by atoms with E-state index in [0.717, 1.165) is 11.8 Å². The number of ketones is 1. The summed E-state index contributed by atoms with van der Waals surface area (Å²) in [5.41, 5.74) is 1.83. The number of rotatable bonds is 10. The van der Waals surface area contributed by atoms with Crippen molar-refractivity contribution < 1.29 is 45.0 Å². The number of Topliss-reactive ketones (excluding diaryl/α,β-unsaturated/α-hetero) is 1. The van der Waals surface area contributed by atoms with Gasteiger partial charge >= 0.3 is 6.36 Å². The molecule has 1 unspecified atom stereocenters. The van der Waals surface area contributed by atoms with Gasteiger partial charge in [0.2, 0.25) is 0 Å². The number of pyridine rings is 1. The molecule has 0 spiro atoms. The SMILES string of the molecule is Cc1cc(OC2CCN(C(=O)c3ccc(C(=O)CC4CCN(Cc5ccc(OC(F)(F)F)cc5)C[C@H]4F)cn3)CC2)ccc1S(C)(=O)=O. The number of likely N-dealkylation sites (tertiary alicyclic amines) is 2. The first-order valence-electron chi connectivity index (χ1n) is 15.6. The predicted octanol–water partition coefficient (Wildman–Crippen LogP) is 5.81. The minimum absolute atomic E-state index is 0.00250. The summed E-state index contributed by atoms with van der Waals surface area (Å²) in [7, 11) is -3.32. The van der Waals surface area contributed by atoms with E-state index in [9.17, 15) is 31.2 Å². The van der Waals surface area contributed by atoms with Gasteiger partial charge in [-0.1, -0.05) is 12.1 Å². The van der Waals surface area contributed by atoms with Crippen LogP contribution < -0.4 is 9.47 Å². The highest BCUT2D eigenvalue weighted by Gasteiger charge is 2.33. The lowest BCUT2D eigenvalue weighted by Crippen LogP contribution is -2.42. The second-order valence-electron chi connectivity index (χ2n) is 12.4. The third-order valence-corrected chi connectivity index (χ3v) is 9.91. The van der Waals surface area contributed by atoms with E-state index in [2.05, 4.69) is 9.72 Å². The molecule has 2 aliphatic heterocycles. The van der Waals surface area contributed by atoms with Gasteiger partial charge in [-0.05, 0) is 79.4 Å². The molecule has 2 atom stereocenters. The maximum Gasteiger partial charge on any atom is 0.573 e. The molecule has 0 radical (unpaired) electrons. The van der Waals surface area contributed by atoms with Crippen LogP contribution >= 0.6 is 0 Å². The smallest absolute Gasteiger partial charge is 0.490 e. The van der Waals surface area contributed by atoms with E-state index in [-0.39, 0.29) is 47.1 Å². The highest BCUT2D eigenvalue weighted by molar-refractivity contribution is 7.90. The Labute approximate surface area is 276 Å². The van der Waals surface area contributed by atoms with Crippen molar-refractivity contribution in [2.45, 2.75) is 62.7 Å². The number of hydrogen-bond donors (Lipinski definition) is 0. The third kappa shape index (κ3) is 9.31. The van der Waals surface area contributed by atoms with E-state index in [1.165, 1.54) is 48.7 Å². The van der Waals surface area contributed by atoms with Crippen LogP contribution in [0.5, 0.6) is 11.5 Å². The zero-order valence-electron chi connectivity index (χ0n) is 26.6. The number of carbonyl (C=O) groups is 2. The average molecular weight is 692 g/mol. The number of alkyl halides is 4. The average Bonchev–Trinajstić information content (AvgIpc) is 3.02. The molecule has 0 N–H and O–H groups in total. The standard InChI is InChI=1S/C34H37F4N3O6S/c1-22-17-28(8-10-32(22)48(2,44)45)46-26-12-15-41(16-13-26)33(43)30-9-5-25(19-39-30)31(42)18-24-11-14-40(21-29(24)35)20-23-3-6-27(7-4-23)47-34(36,37)38/h3-10,17,19,24,26,29H,11-16,18,20-21H2,1-2H3/t24?,29-/m1/s1. The van der Waals surface area contributed by atoms with Gasteiger partial charge in [-0.2, -0.15) is 0 Å². The van der Waals surface area contributed by atoms with E-state index in [1.807, 2.05) is 4.90 Å². The second kappa shape index (κ2) is 14.6. The fourth-order valence-corrected chi connectivity index (χ4v) is 7.09. The molecule has 2 aromatic carbocycles. The van der Waals surface area contributed by atoms with Gasteiger partial charge in [0, 0.05) is 63.5 Å². The Balaban J connectivity index is 1.06. The van der Waals surface area contributed by atoms with E-state index in [4.69, 9.17) is 4.74 Å². The third-order valence-electron chi connectivity index (χ3n) is 8.65. The Hall–Kier alpha value is -4.04. The van der Waals surface area contributed by atoms with Crippen molar-refractivity contribution in [3.8, 4) is 11.5 Å². The first-order chi connectivity index (χ1) is 22.6. The number of halogens is 4. The quantitative estimate of drug-likeness (QED) is 0.194. The summed E-state index contributed by atoms with van der Waals surface area (Å²) in [4.78, 5) is 34.1. The maximum absolute atomic E-state index is 15.1. The minimum Gasteiger partial charge on any atom is -0.490 e. The zero-order chi connectivity index (χ0) is 34.6. The van der Waals surface area contributed by atoms with Crippen molar-refractivity contribution in [1.82, 2.24) is 14.8 Å². The number of aryl methyl sites for hydroxylation is 1. The van der Waals surface area contributed by atoms with Gasteiger partial charge in [-0.3, -0.25) is 19.5 Å². The predicted molar refractivity (Wildman–Crippen MR) is 168 cm³/mol. The summed E-state index contributed by atoms with van der Waals surface area (Å²) in [6.07, 6.45) is -2.04. The summed E-state index contributed by atoms with van der Waals surface area (Å²) in [6, 6.07) is 13.4. The van der Waals surface area contributed by atoms with Crippen LogP contribution in [0.3, 0.4) is 0 Å². The molecule has 2 saturated heterocycles. The van der Waals surface area contributed by atoms with Gasteiger partial charge in [0.25, 0.3) is 5.91 Å². The van der Waals surface area contributed by atoms with Gasteiger partial charge in [0.15, 0.2) is 15.6 Å². The van der Waals surface area contributed by atoms with Crippen molar-refractivity contribution >= 4 is 21.5 Å². The Kier molecular flexibility index (Phi) is 10.7. The van der Waals surface area contributed by atoms with Crippen LogP contribution in [0.2, 0.25) is 0 Å². The van der Waals surface area contributed by atoms with E-state index >= 15 is 4.39 Å². The van der Waals surface area contributed by atoms with Crippen molar-refractivity contribution in [1.29, 1.82) is 0 Å². The molecule has 0 aliphatic carbocycles.